The van der Waals surface area contributed by atoms with Crippen molar-refractivity contribution in [3.05, 3.63) is 65.2 Å². The summed E-state index contributed by atoms with van der Waals surface area (Å²) in [4.78, 5) is 14.2. The molecule has 1 aliphatic rings. The summed E-state index contributed by atoms with van der Waals surface area (Å²) in [5.74, 6) is 0.390. The Balaban J connectivity index is 1.53. The van der Waals surface area contributed by atoms with Gasteiger partial charge in [-0.15, -0.1) is 0 Å². The number of nitrogens with zero attached hydrogens (tertiary/aromatic N) is 1. The molecule has 31 heavy (non-hydrogen) atoms. The Labute approximate surface area is 180 Å². The molecule has 0 aliphatic carbocycles. The molecule has 0 spiro atoms. The van der Waals surface area contributed by atoms with E-state index < -0.39 is 23.6 Å². The van der Waals surface area contributed by atoms with Crippen molar-refractivity contribution in [2.24, 2.45) is 5.73 Å². The highest BCUT2D eigenvalue weighted by atomic mass is 19.4. The third-order valence-corrected chi connectivity index (χ3v) is 5.54. The Bertz CT molecular complexity index is 890. The zero-order valence-corrected chi connectivity index (χ0v) is 17.7. The molecule has 168 valence electrons. The predicted molar refractivity (Wildman–Crippen MR) is 114 cm³/mol. The number of alkyl halides is 3. The summed E-state index contributed by atoms with van der Waals surface area (Å²) in [7, 11) is 0. The number of nitrogens with two attached hydrogens (primary N) is 1. The van der Waals surface area contributed by atoms with E-state index in [0.29, 0.717) is 37.5 Å². The van der Waals surface area contributed by atoms with Crippen LogP contribution >= 0.6 is 0 Å². The minimum Gasteiger partial charge on any atom is -0.428 e. The van der Waals surface area contributed by atoms with Crippen molar-refractivity contribution >= 4 is 11.8 Å². The molecule has 0 aromatic heterocycles. The lowest BCUT2D eigenvalue weighted by Crippen LogP contribution is -2.53. The second-order valence-corrected chi connectivity index (χ2v) is 8.29. The van der Waals surface area contributed by atoms with Gasteiger partial charge in [0.1, 0.15) is 0 Å². The predicted octanol–water partition coefficient (Wildman–Crippen LogP) is 5.33. The smallest absolute Gasteiger partial charge is 0.416 e. The first-order valence-corrected chi connectivity index (χ1v) is 10.3. The van der Waals surface area contributed by atoms with Gasteiger partial charge in [-0.3, -0.25) is 16.0 Å². The lowest BCUT2D eigenvalue weighted by atomic mass is 9.99. The van der Waals surface area contributed by atoms with Gasteiger partial charge in [0.25, 0.3) is 0 Å². The molecule has 0 radical (unpaired) electrons. The second kappa shape index (κ2) is 9.28. The fourth-order valence-electron chi connectivity index (χ4n) is 3.65. The standard InChI is InChI=1S/C23H28F3N3O2/c1-16(2)17-7-9-19(10-8-17)28-21(30)31-22(27)11-13-29(14-12-22)15-18-5-3-4-6-20(18)23(24,25)26/h3-10,16H,11-15,27H2,1-2H3,(H,28,30). The number of hydrogen-bond acceptors (Lipinski definition) is 4. The number of benzene rings is 2. The summed E-state index contributed by atoms with van der Waals surface area (Å²) >= 11 is 0. The molecule has 2 aromatic carbocycles. The Hall–Kier alpha value is -2.58. The summed E-state index contributed by atoms with van der Waals surface area (Å²) in [6.07, 6.45) is -4.36. The van der Waals surface area contributed by atoms with Crippen molar-refractivity contribution in [1.82, 2.24) is 4.90 Å². The van der Waals surface area contributed by atoms with E-state index in [9.17, 15) is 18.0 Å². The van der Waals surface area contributed by atoms with Crippen LogP contribution in [0.5, 0.6) is 0 Å². The number of anilines is 1. The number of hydrogen-bond donors (Lipinski definition) is 2. The quantitative estimate of drug-likeness (QED) is 0.623. The Morgan fingerprint density at radius 1 is 1.13 bits per heavy atom. The number of likely N-dealkylation sites (tertiary alicyclic amines) is 1. The van der Waals surface area contributed by atoms with Gasteiger partial charge in [-0.05, 0) is 35.2 Å². The van der Waals surface area contributed by atoms with E-state index in [2.05, 4.69) is 19.2 Å². The fourth-order valence-corrected chi connectivity index (χ4v) is 3.65. The lowest BCUT2D eigenvalue weighted by molar-refractivity contribution is -0.138. The topological polar surface area (TPSA) is 67.6 Å². The van der Waals surface area contributed by atoms with Gasteiger partial charge in [0.15, 0.2) is 5.72 Å². The van der Waals surface area contributed by atoms with Gasteiger partial charge in [-0.2, -0.15) is 13.2 Å². The normalized spacial score (nSPS) is 16.9. The molecule has 5 nitrogen and oxygen atoms in total. The van der Waals surface area contributed by atoms with Crippen LogP contribution in [0.2, 0.25) is 0 Å². The molecule has 2 aromatic rings. The molecule has 1 fully saturated rings. The first-order valence-electron chi connectivity index (χ1n) is 10.3. The van der Waals surface area contributed by atoms with Crippen molar-refractivity contribution in [1.29, 1.82) is 0 Å². The van der Waals surface area contributed by atoms with Crippen molar-refractivity contribution in [3.8, 4) is 0 Å². The largest absolute Gasteiger partial charge is 0.428 e. The van der Waals surface area contributed by atoms with E-state index in [0.717, 1.165) is 11.6 Å². The van der Waals surface area contributed by atoms with Gasteiger partial charge in [-0.1, -0.05) is 44.2 Å². The third-order valence-electron chi connectivity index (χ3n) is 5.54. The molecule has 1 aliphatic heterocycles. The molecule has 1 amide bonds. The molecule has 3 N–H and O–H groups in total. The maximum atomic E-state index is 13.2. The van der Waals surface area contributed by atoms with Crippen LogP contribution in [0.4, 0.5) is 23.7 Å². The van der Waals surface area contributed by atoms with Crippen LogP contribution in [0, 0.1) is 0 Å². The highest BCUT2D eigenvalue weighted by Crippen LogP contribution is 2.33. The highest BCUT2D eigenvalue weighted by Gasteiger charge is 2.36. The molecule has 1 saturated heterocycles. The van der Waals surface area contributed by atoms with E-state index in [-0.39, 0.29) is 12.1 Å². The minimum absolute atomic E-state index is 0.167. The molecule has 0 atom stereocenters. The maximum absolute atomic E-state index is 13.2. The molecular formula is C23H28F3N3O2. The van der Waals surface area contributed by atoms with E-state index in [4.69, 9.17) is 10.5 Å². The van der Waals surface area contributed by atoms with Crippen LogP contribution in [0.1, 0.15) is 49.3 Å². The van der Waals surface area contributed by atoms with Crippen LogP contribution in [-0.4, -0.2) is 29.8 Å². The number of carbonyl (C=O) groups is 1. The number of halogens is 3. The van der Waals surface area contributed by atoms with Crippen LogP contribution < -0.4 is 11.1 Å². The first-order chi connectivity index (χ1) is 14.6. The average Bonchev–Trinajstić information content (AvgIpc) is 2.69. The van der Waals surface area contributed by atoms with Crippen LogP contribution in [-0.2, 0) is 17.5 Å². The molecule has 0 unspecified atom stereocenters. The van der Waals surface area contributed by atoms with Gasteiger partial charge in [0.2, 0.25) is 0 Å². The van der Waals surface area contributed by atoms with Crippen LogP contribution in [0.25, 0.3) is 0 Å². The number of piperidine rings is 1. The van der Waals surface area contributed by atoms with E-state index in [1.807, 2.05) is 17.0 Å². The summed E-state index contributed by atoms with van der Waals surface area (Å²) in [6, 6.07) is 13.1. The zero-order chi connectivity index (χ0) is 22.6. The third kappa shape index (κ3) is 6.21. The van der Waals surface area contributed by atoms with E-state index in [1.165, 1.54) is 12.1 Å². The maximum Gasteiger partial charge on any atom is 0.416 e. The molecule has 3 rings (SSSR count). The van der Waals surface area contributed by atoms with Crippen LogP contribution in [0.15, 0.2) is 48.5 Å². The van der Waals surface area contributed by atoms with Gasteiger partial charge in [-0.25, -0.2) is 4.79 Å². The number of amides is 1. The van der Waals surface area contributed by atoms with Gasteiger partial charge >= 0.3 is 12.3 Å². The molecular weight excluding hydrogens is 407 g/mol. The van der Waals surface area contributed by atoms with Crippen molar-refractivity contribution in [2.45, 2.75) is 51.1 Å². The van der Waals surface area contributed by atoms with E-state index in [1.54, 1.807) is 18.2 Å². The van der Waals surface area contributed by atoms with Crippen molar-refractivity contribution in [2.75, 3.05) is 18.4 Å². The minimum atomic E-state index is -4.39. The molecule has 1 heterocycles. The zero-order valence-electron chi connectivity index (χ0n) is 17.7. The van der Waals surface area contributed by atoms with E-state index >= 15 is 0 Å². The lowest BCUT2D eigenvalue weighted by Gasteiger charge is -2.38. The second-order valence-electron chi connectivity index (χ2n) is 8.29. The fraction of sp³-hybridized carbons (Fsp3) is 0.435. The van der Waals surface area contributed by atoms with Gasteiger partial charge in [0, 0.05) is 38.2 Å². The Kier molecular flexibility index (Phi) is 6.91. The molecule has 8 heteroatoms. The number of nitrogens with one attached hydrogen (secondary N) is 1. The highest BCUT2D eigenvalue weighted by molar-refractivity contribution is 5.84. The summed E-state index contributed by atoms with van der Waals surface area (Å²) < 4.78 is 45.1. The number of rotatable bonds is 5. The van der Waals surface area contributed by atoms with Crippen molar-refractivity contribution in [3.63, 3.8) is 0 Å². The Morgan fingerprint density at radius 2 is 1.74 bits per heavy atom. The summed E-state index contributed by atoms with van der Waals surface area (Å²) in [5.41, 5.74) is 6.46. The summed E-state index contributed by atoms with van der Waals surface area (Å²) in [6.45, 7) is 5.20. The SMILES string of the molecule is CC(C)c1ccc(NC(=O)OC2(N)CCN(Cc3ccccc3C(F)(F)F)CC2)cc1. The van der Waals surface area contributed by atoms with Gasteiger partial charge < -0.3 is 4.74 Å². The number of ether oxygens (including phenoxy) is 1. The summed E-state index contributed by atoms with van der Waals surface area (Å²) in [5, 5.41) is 2.68. The average molecular weight is 435 g/mol. The van der Waals surface area contributed by atoms with Crippen LogP contribution in [0.3, 0.4) is 0 Å². The molecule has 0 saturated carbocycles. The monoisotopic (exact) mass is 435 g/mol. The van der Waals surface area contributed by atoms with Crippen molar-refractivity contribution < 1.29 is 22.7 Å². The number of carbonyl (C=O) groups excluding carboxylic acids is 1. The first kappa shape index (κ1) is 23.1. The molecule has 0 bridgehead atoms. The Morgan fingerprint density at radius 3 is 2.32 bits per heavy atom. The van der Waals surface area contributed by atoms with Gasteiger partial charge in [0.05, 0.1) is 5.56 Å².